The number of nitrogens with one attached hydrogen (secondary N) is 1. The summed E-state index contributed by atoms with van der Waals surface area (Å²) < 4.78 is 0. The van der Waals surface area contributed by atoms with Gasteiger partial charge in [0, 0.05) is 6.54 Å². The molecule has 1 aliphatic carbocycles. The second kappa shape index (κ2) is 6.89. The van der Waals surface area contributed by atoms with E-state index >= 15 is 0 Å². The van der Waals surface area contributed by atoms with Gasteiger partial charge in [0.15, 0.2) is 0 Å². The fourth-order valence-electron chi connectivity index (χ4n) is 2.34. The molecule has 0 aromatic rings. The highest BCUT2D eigenvalue weighted by Gasteiger charge is 2.34. The van der Waals surface area contributed by atoms with Crippen LogP contribution in [0.5, 0.6) is 0 Å². The molecule has 0 aromatic heterocycles. The van der Waals surface area contributed by atoms with Crippen LogP contribution >= 0.6 is 0 Å². The number of unbranched alkanes of at least 4 members (excludes halogenated alkanes) is 3. The summed E-state index contributed by atoms with van der Waals surface area (Å²) in [5.74, 6) is 0.0729. The maximum absolute atomic E-state index is 11.9. The van der Waals surface area contributed by atoms with Crippen LogP contribution in [0.1, 0.15) is 64.7 Å². The van der Waals surface area contributed by atoms with Gasteiger partial charge in [0.25, 0.3) is 0 Å². The van der Waals surface area contributed by atoms with Crippen molar-refractivity contribution in [3.8, 4) is 0 Å². The van der Waals surface area contributed by atoms with Gasteiger partial charge in [-0.3, -0.25) is 4.79 Å². The Kier molecular flexibility index (Phi) is 5.81. The second-order valence-electron chi connectivity index (χ2n) is 5.03. The predicted octanol–water partition coefficient (Wildman–Crippen LogP) is 2.34. The molecule has 3 N–H and O–H groups in total. The third-order valence-corrected chi connectivity index (χ3v) is 3.51. The van der Waals surface area contributed by atoms with Gasteiger partial charge >= 0.3 is 0 Å². The summed E-state index contributed by atoms with van der Waals surface area (Å²) in [4.78, 5) is 11.9. The van der Waals surface area contributed by atoms with Crippen LogP contribution in [-0.2, 0) is 4.79 Å². The third-order valence-electron chi connectivity index (χ3n) is 3.51. The van der Waals surface area contributed by atoms with Crippen molar-refractivity contribution in [2.24, 2.45) is 5.73 Å². The number of hydrogen-bond donors (Lipinski definition) is 2. The first-order valence-electron chi connectivity index (χ1n) is 6.76. The molecule has 1 aliphatic rings. The van der Waals surface area contributed by atoms with Crippen molar-refractivity contribution in [2.45, 2.75) is 70.3 Å². The fourth-order valence-corrected chi connectivity index (χ4v) is 2.34. The minimum Gasteiger partial charge on any atom is -0.355 e. The lowest BCUT2D eigenvalue weighted by Crippen LogP contribution is -2.55. The molecule has 1 amide bonds. The monoisotopic (exact) mass is 226 g/mol. The predicted molar refractivity (Wildman–Crippen MR) is 67.2 cm³/mol. The SMILES string of the molecule is CCCCCCNC(=O)C1(N)CCCCC1. The Morgan fingerprint density at radius 3 is 2.50 bits per heavy atom. The van der Waals surface area contributed by atoms with E-state index in [0.717, 1.165) is 38.6 Å². The molecule has 3 heteroatoms. The van der Waals surface area contributed by atoms with Gasteiger partial charge in [0.2, 0.25) is 5.91 Å². The lowest BCUT2D eigenvalue weighted by molar-refractivity contribution is -0.127. The van der Waals surface area contributed by atoms with Crippen molar-refractivity contribution < 1.29 is 4.79 Å². The molecular weight excluding hydrogens is 200 g/mol. The number of rotatable bonds is 6. The van der Waals surface area contributed by atoms with E-state index in [2.05, 4.69) is 12.2 Å². The number of nitrogens with two attached hydrogens (primary N) is 1. The molecule has 0 unspecified atom stereocenters. The summed E-state index contributed by atoms with van der Waals surface area (Å²) in [5, 5.41) is 2.99. The molecule has 0 aliphatic heterocycles. The van der Waals surface area contributed by atoms with E-state index in [1.54, 1.807) is 0 Å². The Bertz CT molecular complexity index is 210. The van der Waals surface area contributed by atoms with E-state index in [-0.39, 0.29) is 5.91 Å². The fraction of sp³-hybridized carbons (Fsp3) is 0.923. The number of hydrogen-bond acceptors (Lipinski definition) is 2. The van der Waals surface area contributed by atoms with Crippen LogP contribution in [0, 0.1) is 0 Å². The minimum absolute atomic E-state index is 0.0729. The molecule has 1 saturated carbocycles. The molecule has 16 heavy (non-hydrogen) atoms. The molecule has 0 bridgehead atoms. The maximum atomic E-state index is 11.9. The molecule has 0 saturated heterocycles. The van der Waals surface area contributed by atoms with Crippen molar-refractivity contribution in [2.75, 3.05) is 6.54 Å². The zero-order valence-corrected chi connectivity index (χ0v) is 10.6. The van der Waals surface area contributed by atoms with E-state index in [1.165, 1.54) is 25.7 Å². The average Bonchev–Trinajstić information content (AvgIpc) is 2.29. The first-order chi connectivity index (χ1) is 7.69. The van der Waals surface area contributed by atoms with Gasteiger partial charge in [-0.05, 0) is 19.3 Å². The Morgan fingerprint density at radius 1 is 1.19 bits per heavy atom. The van der Waals surface area contributed by atoms with Gasteiger partial charge in [0.05, 0.1) is 5.54 Å². The Hall–Kier alpha value is -0.570. The number of amides is 1. The minimum atomic E-state index is -0.566. The first kappa shape index (κ1) is 13.5. The van der Waals surface area contributed by atoms with Crippen LogP contribution in [0.25, 0.3) is 0 Å². The summed E-state index contributed by atoms with van der Waals surface area (Å²) in [6, 6.07) is 0. The van der Waals surface area contributed by atoms with Gasteiger partial charge in [0.1, 0.15) is 0 Å². The van der Waals surface area contributed by atoms with Crippen LogP contribution in [0.3, 0.4) is 0 Å². The molecule has 0 aromatic carbocycles. The molecule has 0 spiro atoms. The molecule has 3 nitrogen and oxygen atoms in total. The van der Waals surface area contributed by atoms with Crippen molar-refractivity contribution in [1.29, 1.82) is 0 Å². The molecule has 94 valence electrons. The normalized spacial score (nSPS) is 19.4. The van der Waals surface area contributed by atoms with Gasteiger partial charge in [-0.2, -0.15) is 0 Å². The van der Waals surface area contributed by atoms with E-state index in [4.69, 9.17) is 5.73 Å². The van der Waals surface area contributed by atoms with Crippen LogP contribution in [0.15, 0.2) is 0 Å². The number of carbonyl (C=O) groups is 1. The van der Waals surface area contributed by atoms with Crippen LogP contribution in [-0.4, -0.2) is 18.0 Å². The van der Waals surface area contributed by atoms with Crippen LogP contribution in [0.4, 0.5) is 0 Å². The Balaban J connectivity index is 2.18. The summed E-state index contributed by atoms with van der Waals surface area (Å²) in [7, 11) is 0. The molecule has 0 heterocycles. The third kappa shape index (κ3) is 4.12. The molecular formula is C13H26N2O. The molecule has 1 rings (SSSR count). The van der Waals surface area contributed by atoms with E-state index in [9.17, 15) is 4.79 Å². The lowest BCUT2D eigenvalue weighted by Gasteiger charge is -2.31. The summed E-state index contributed by atoms with van der Waals surface area (Å²) in [5.41, 5.74) is 5.56. The van der Waals surface area contributed by atoms with Crippen molar-refractivity contribution >= 4 is 5.91 Å². The topological polar surface area (TPSA) is 55.1 Å². The van der Waals surface area contributed by atoms with Crippen LogP contribution in [0.2, 0.25) is 0 Å². The smallest absolute Gasteiger partial charge is 0.240 e. The Morgan fingerprint density at radius 2 is 1.88 bits per heavy atom. The molecule has 0 atom stereocenters. The van der Waals surface area contributed by atoms with Gasteiger partial charge in [-0.1, -0.05) is 45.4 Å². The molecule has 0 radical (unpaired) electrons. The second-order valence-corrected chi connectivity index (χ2v) is 5.03. The van der Waals surface area contributed by atoms with Gasteiger partial charge < -0.3 is 11.1 Å². The number of carbonyl (C=O) groups excluding carboxylic acids is 1. The largest absolute Gasteiger partial charge is 0.355 e. The van der Waals surface area contributed by atoms with Crippen molar-refractivity contribution in [3.05, 3.63) is 0 Å². The summed E-state index contributed by atoms with van der Waals surface area (Å²) in [6.45, 7) is 2.98. The summed E-state index contributed by atoms with van der Waals surface area (Å²) in [6.07, 6.45) is 9.90. The quantitative estimate of drug-likeness (QED) is 0.683. The van der Waals surface area contributed by atoms with Crippen LogP contribution < -0.4 is 11.1 Å². The van der Waals surface area contributed by atoms with E-state index < -0.39 is 5.54 Å². The van der Waals surface area contributed by atoms with E-state index in [1.807, 2.05) is 0 Å². The Labute approximate surface area is 99.2 Å². The first-order valence-corrected chi connectivity index (χ1v) is 6.76. The van der Waals surface area contributed by atoms with Gasteiger partial charge in [-0.15, -0.1) is 0 Å². The van der Waals surface area contributed by atoms with Gasteiger partial charge in [-0.25, -0.2) is 0 Å². The lowest BCUT2D eigenvalue weighted by atomic mass is 9.82. The average molecular weight is 226 g/mol. The van der Waals surface area contributed by atoms with E-state index in [0.29, 0.717) is 0 Å². The highest BCUT2D eigenvalue weighted by atomic mass is 16.2. The highest BCUT2D eigenvalue weighted by molar-refractivity contribution is 5.86. The zero-order chi connectivity index (χ0) is 11.9. The highest BCUT2D eigenvalue weighted by Crippen LogP contribution is 2.25. The van der Waals surface area contributed by atoms with Crippen molar-refractivity contribution in [3.63, 3.8) is 0 Å². The standard InChI is InChI=1S/C13H26N2O/c1-2-3-4-8-11-15-12(16)13(14)9-6-5-7-10-13/h2-11,14H2,1H3,(H,15,16). The zero-order valence-electron chi connectivity index (χ0n) is 10.6. The summed E-state index contributed by atoms with van der Waals surface area (Å²) >= 11 is 0. The molecule has 1 fully saturated rings. The maximum Gasteiger partial charge on any atom is 0.240 e. The van der Waals surface area contributed by atoms with Crippen molar-refractivity contribution in [1.82, 2.24) is 5.32 Å².